The van der Waals surface area contributed by atoms with Crippen LogP contribution in [0.25, 0.3) is 0 Å². The maximum Gasteiger partial charge on any atom is 0.233 e. The molecule has 0 radical (unpaired) electrons. The van der Waals surface area contributed by atoms with Crippen LogP contribution >= 0.6 is 11.8 Å². The summed E-state index contributed by atoms with van der Waals surface area (Å²) in [4.78, 5) is 17.9. The summed E-state index contributed by atoms with van der Waals surface area (Å²) in [6.45, 7) is 2.57. The van der Waals surface area contributed by atoms with Crippen LogP contribution in [-0.2, 0) is 14.6 Å². The smallest absolute Gasteiger partial charge is 0.233 e. The van der Waals surface area contributed by atoms with Gasteiger partial charge in [-0.1, -0.05) is 18.7 Å². The molecule has 0 saturated carbocycles. The fourth-order valence-corrected chi connectivity index (χ4v) is 4.65. The number of hydrogen-bond acceptors (Lipinski definition) is 6. The number of amides is 1. The summed E-state index contributed by atoms with van der Waals surface area (Å²) in [6.07, 6.45) is 2.75. The van der Waals surface area contributed by atoms with Crippen LogP contribution in [0.1, 0.15) is 19.8 Å². The quantitative estimate of drug-likeness (QED) is 0.759. The third kappa shape index (κ3) is 3.95. The van der Waals surface area contributed by atoms with E-state index in [1.54, 1.807) is 4.90 Å². The van der Waals surface area contributed by atoms with E-state index in [2.05, 4.69) is 15.2 Å². The van der Waals surface area contributed by atoms with Crippen LogP contribution in [0.3, 0.4) is 0 Å². The maximum atomic E-state index is 12.3. The zero-order valence-corrected chi connectivity index (χ0v) is 12.9. The zero-order chi connectivity index (χ0) is 14.6. The average molecular weight is 318 g/mol. The summed E-state index contributed by atoms with van der Waals surface area (Å²) < 4.78 is 23.1. The molecule has 0 bridgehead atoms. The van der Waals surface area contributed by atoms with E-state index in [1.165, 1.54) is 18.1 Å². The summed E-state index contributed by atoms with van der Waals surface area (Å²) in [7, 11) is -2.98. The maximum absolute atomic E-state index is 12.3. The molecule has 1 aromatic rings. The topological polar surface area (TPSA) is 96.0 Å². The predicted octanol–water partition coefficient (Wildman–Crippen LogP) is 0.323. The van der Waals surface area contributed by atoms with Gasteiger partial charge >= 0.3 is 0 Å². The lowest BCUT2D eigenvalue weighted by Crippen LogP contribution is -2.42. The molecule has 1 saturated heterocycles. The van der Waals surface area contributed by atoms with Crippen molar-refractivity contribution in [3.63, 3.8) is 0 Å². The molecule has 9 heteroatoms. The summed E-state index contributed by atoms with van der Waals surface area (Å²) in [5, 5.41) is 6.99. The monoisotopic (exact) mass is 318 g/mol. The predicted molar refractivity (Wildman–Crippen MR) is 76.2 cm³/mol. The first-order valence-electron chi connectivity index (χ1n) is 6.50. The Balaban J connectivity index is 1.95. The molecule has 1 N–H and O–H groups in total. The number of nitrogens with zero attached hydrogens (tertiary/aromatic N) is 3. The molecular formula is C11H18N4O3S2. The van der Waals surface area contributed by atoms with Crippen molar-refractivity contribution in [2.24, 2.45) is 0 Å². The number of nitrogens with one attached hydrogen (secondary N) is 1. The van der Waals surface area contributed by atoms with Crippen LogP contribution in [0.4, 0.5) is 0 Å². The number of aromatic nitrogens is 3. The molecule has 0 spiro atoms. The summed E-state index contributed by atoms with van der Waals surface area (Å²) in [5.74, 6) is 0.466. The number of rotatable bonds is 6. The fraction of sp³-hybridized carbons (Fsp3) is 0.727. The van der Waals surface area contributed by atoms with Gasteiger partial charge in [0.15, 0.2) is 15.0 Å². The molecule has 1 amide bonds. The number of H-pyrrole nitrogens is 1. The van der Waals surface area contributed by atoms with Crippen LogP contribution < -0.4 is 0 Å². The molecule has 1 unspecified atom stereocenters. The Labute approximate surface area is 122 Å². The van der Waals surface area contributed by atoms with Gasteiger partial charge in [0.05, 0.1) is 17.3 Å². The first-order valence-corrected chi connectivity index (χ1v) is 9.30. The Kier molecular flexibility index (Phi) is 5.03. The zero-order valence-electron chi connectivity index (χ0n) is 11.3. The second kappa shape index (κ2) is 6.57. The standard InChI is InChI=1S/C11H18N4O3S2/c1-2-4-15(9-3-5-20(17,18)7-9)10(16)6-19-11-12-8-13-14-11/h8-9H,2-7H2,1H3,(H,12,13,14). The van der Waals surface area contributed by atoms with E-state index in [1.807, 2.05) is 6.92 Å². The number of carbonyl (C=O) groups excluding carboxylic acids is 1. The third-order valence-electron chi connectivity index (χ3n) is 3.16. The number of sulfone groups is 1. The van der Waals surface area contributed by atoms with Crippen LogP contribution in [0.15, 0.2) is 11.5 Å². The highest BCUT2D eigenvalue weighted by Gasteiger charge is 2.34. The van der Waals surface area contributed by atoms with Gasteiger partial charge in [-0.05, 0) is 12.8 Å². The largest absolute Gasteiger partial charge is 0.338 e. The minimum Gasteiger partial charge on any atom is -0.338 e. The minimum absolute atomic E-state index is 0.0460. The van der Waals surface area contributed by atoms with E-state index >= 15 is 0 Å². The Morgan fingerprint density at radius 1 is 1.60 bits per heavy atom. The van der Waals surface area contributed by atoms with Gasteiger partial charge in [-0.25, -0.2) is 13.4 Å². The third-order valence-corrected chi connectivity index (χ3v) is 5.77. The molecule has 1 atom stereocenters. The Morgan fingerprint density at radius 2 is 2.40 bits per heavy atom. The lowest BCUT2D eigenvalue weighted by atomic mass is 10.2. The summed E-state index contributed by atoms with van der Waals surface area (Å²) in [5.41, 5.74) is 0. The van der Waals surface area contributed by atoms with Crippen LogP contribution in [0, 0.1) is 0 Å². The fourth-order valence-electron chi connectivity index (χ4n) is 2.25. The van der Waals surface area contributed by atoms with Gasteiger partial charge in [-0.2, -0.15) is 5.10 Å². The van der Waals surface area contributed by atoms with Gasteiger partial charge in [0.2, 0.25) is 5.91 Å². The SMILES string of the molecule is CCCN(C(=O)CSc1ncn[nH]1)C1CCS(=O)(=O)C1. The van der Waals surface area contributed by atoms with Gasteiger partial charge in [-0.3, -0.25) is 9.89 Å². The van der Waals surface area contributed by atoms with Crippen molar-refractivity contribution in [1.29, 1.82) is 0 Å². The van der Waals surface area contributed by atoms with Crippen molar-refractivity contribution >= 4 is 27.5 Å². The second-order valence-electron chi connectivity index (χ2n) is 4.72. The highest BCUT2D eigenvalue weighted by atomic mass is 32.2. The lowest BCUT2D eigenvalue weighted by molar-refractivity contribution is -0.130. The highest BCUT2D eigenvalue weighted by Crippen LogP contribution is 2.20. The molecule has 1 aliphatic rings. The Morgan fingerprint density at radius 3 is 2.95 bits per heavy atom. The van der Waals surface area contributed by atoms with Gasteiger partial charge in [-0.15, -0.1) is 0 Å². The van der Waals surface area contributed by atoms with Crippen molar-refractivity contribution in [3.8, 4) is 0 Å². The molecule has 0 aromatic carbocycles. The van der Waals surface area contributed by atoms with E-state index < -0.39 is 9.84 Å². The highest BCUT2D eigenvalue weighted by molar-refractivity contribution is 7.99. The van der Waals surface area contributed by atoms with Gasteiger partial charge in [0, 0.05) is 12.6 Å². The van der Waals surface area contributed by atoms with Crippen molar-refractivity contribution < 1.29 is 13.2 Å². The molecule has 0 aliphatic carbocycles. The second-order valence-corrected chi connectivity index (χ2v) is 7.92. The molecule has 7 nitrogen and oxygen atoms in total. The van der Waals surface area contributed by atoms with Crippen LogP contribution in [0.2, 0.25) is 0 Å². The number of carbonyl (C=O) groups is 1. The van der Waals surface area contributed by atoms with E-state index in [0.29, 0.717) is 18.1 Å². The average Bonchev–Trinajstić information content (AvgIpc) is 3.02. The Hall–Kier alpha value is -1.09. The van der Waals surface area contributed by atoms with Crippen LogP contribution in [0.5, 0.6) is 0 Å². The molecule has 2 heterocycles. The van der Waals surface area contributed by atoms with Crippen molar-refractivity contribution in [3.05, 3.63) is 6.33 Å². The van der Waals surface area contributed by atoms with E-state index in [0.717, 1.165) is 6.42 Å². The normalized spacial score (nSPS) is 20.9. The van der Waals surface area contributed by atoms with Gasteiger partial charge in [0.25, 0.3) is 0 Å². The molecule has 112 valence electrons. The summed E-state index contributed by atoms with van der Waals surface area (Å²) >= 11 is 1.28. The number of hydrogen-bond donors (Lipinski definition) is 1. The molecule has 1 fully saturated rings. The number of aromatic amines is 1. The minimum atomic E-state index is -2.98. The van der Waals surface area contributed by atoms with Crippen molar-refractivity contribution in [2.75, 3.05) is 23.8 Å². The molecule has 1 aromatic heterocycles. The van der Waals surface area contributed by atoms with Crippen molar-refractivity contribution in [1.82, 2.24) is 20.1 Å². The number of thioether (sulfide) groups is 1. The van der Waals surface area contributed by atoms with E-state index in [-0.39, 0.29) is 29.2 Å². The molecular weight excluding hydrogens is 300 g/mol. The van der Waals surface area contributed by atoms with E-state index in [9.17, 15) is 13.2 Å². The van der Waals surface area contributed by atoms with E-state index in [4.69, 9.17) is 0 Å². The molecule has 1 aliphatic heterocycles. The van der Waals surface area contributed by atoms with Gasteiger partial charge < -0.3 is 4.90 Å². The molecule has 2 rings (SSSR count). The lowest BCUT2D eigenvalue weighted by Gasteiger charge is -2.27. The molecule has 20 heavy (non-hydrogen) atoms. The van der Waals surface area contributed by atoms with Crippen LogP contribution in [-0.4, -0.2) is 64.3 Å². The Bertz CT molecular complexity index is 544. The van der Waals surface area contributed by atoms with Crippen molar-refractivity contribution in [2.45, 2.75) is 31.0 Å². The first kappa shape index (κ1) is 15.3. The van der Waals surface area contributed by atoms with Gasteiger partial charge in [0.1, 0.15) is 6.33 Å². The first-order chi connectivity index (χ1) is 9.52. The summed E-state index contributed by atoms with van der Waals surface area (Å²) in [6, 6.07) is -0.178.